The first-order valence-corrected chi connectivity index (χ1v) is 9.48. The van der Waals surface area contributed by atoms with Crippen molar-refractivity contribution in [2.75, 3.05) is 39.8 Å². The zero-order chi connectivity index (χ0) is 18.1. The van der Waals surface area contributed by atoms with Gasteiger partial charge < -0.3 is 15.5 Å². The highest BCUT2D eigenvalue weighted by atomic mass is 19.1. The molecule has 0 amide bonds. The number of rotatable bonds is 7. The number of guanidine groups is 1. The molecule has 140 valence electrons. The summed E-state index contributed by atoms with van der Waals surface area (Å²) in [5.41, 5.74) is 0.738. The SMILES string of the molecule is CN=C(NCCc1ccccc1F)NCC1CCCN(CC(C)C)C1. The molecule has 4 nitrogen and oxygen atoms in total. The molecule has 1 fully saturated rings. The Morgan fingerprint density at radius 3 is 2.84 bits per heavy atom. The second kappa shape index (κ2) is 10.4. The normalized spacial score (nSPS) is 19.2. The van der Waals surface area contributed by atoms with Gasteiger partial charge in [-0.1, -0.05) is 32.0 Å². The summed E-state index contributed by atoms with van der Waals surface area (Å²) in [6, 6.07) is 6.93. The largest absolute Gasteiger partial charge is 0.356 e. The first-order chi connectivity index (χ1) is 12.1. The van der Waals surface area contributed by atoms with Crippen LogP contribution in [-0.2, 0) is 6.42 Å². The third-order valence-electron chi connectivity index (χ3n) is 4.65. The van der Waals surface area contributed by atoms with Gasteiger partial charge >= 0.3 is 0 Å². The highest BCUT2D eigenvalue weighted by Gasteiger charge is 2.20. The first kappa shape index (κ1) is 19.7. The summed E-state index contributed by atoms with van der Waals surface area (Å²) in [6.07, 6.45) is 3.20. The van der Waals surface area contributed by atoms with Crippen LogP contribution in [0.5, 0.6) is 0 Å². The zero-order valence-corrected chi connectivity index (χ0v) is 15.9. The number of benzene rings is 1. The molecule has 0 saturated carbocycles. The van der Waals surface area contributed by atoms with Crippen molar-refractivity contribution in [3.63, 3.8) is 0 Å². The summed E-state index contributed by atoms with van der Waals surface area (Å²) < 4.78 is 13.6. The van der Waals surface area contributed by atoms with Crippen molar-refractivity contribution in [2.45, 2.75) is 33.1 Å². The molecule has 25 heavy (non-hydrogen) atoms. The lowest BCUT2D eigenvalue weighted by molar-refractivity contribution is 0.159. The van der Waals surface area contributed by atoms with Gasteiger partial charge in [-0.25, -0.2) is 4.39 Å². The standard InChI is InChI=1S/C20H33FN4/c1-16(2)14-25-12-6-7-17(15-25)13-24-20(22-3)23-11-10-18-8-4-5-9-19(18)21/h4-5,8-9,16-17H,6-7,10-15H2,1-3H3,(H2,22,23,24). The lowest BCUT2D eigenvalue weighted by Gasteiger charge is -2.34. The molecule has 1 aliphatic rings. The summed E-state index contributed by atoms with van der Waals surface area (Å²) in [5.74, 6) is 2.05. The maximum Gasteiger partial charge on any atom is 0.190 e. The minimum Gasteiger partial charge on any atom is -0.356 e. The molecule has 2 N–H and O–H groups in total. The lowest BCUT2D eigenvalue weighted by Crippen LogP contribution is -2.45. The number of hydrogen-bond donors (Lipinski definition) is 2. The maximum atomic E-state index is 13.6. The van der Waals surface area contributed by atoms with Crippen LogP contribution in [0.4, 0.5) is 4.39 Å². The molecule has 1 aromatic carbocycles. The van der Waals surface area contributed by atoms with Crippen LogP contribution in [0, 0.1) is 17.7 Å². The number of halogens is 1. The Bertz CT molecular complexity index is 544. The van der Waals surface area contributed by atoms with Crippen molar-refractivity contribution in [3.8, 4) is 0 Å². The first-order valence-electron chi connectivity index (χ1n) is 9.48. The quantitative estimate of drug-likeness (QED) is 0.588. The van der Waals surface area contributed by atoms with Gasteiger partial charge in [0.1, 0.15) is 5.82 Å². The number of aliphatic imine (C=N–C) groups is 1. The van der Waals surface area contributed by atoms with Gasteiger partial charge in [0.25, 0.3) is 0 Å². The molecule has 0 bridgehead atoms. The number of piperidine rings is 1. The Balaban J connectivity index is 1.70. The zero-order valence-electron chi connectivity index (χ0n) is 15.9. The summed E-state index contributed by atoms with van der Waals surface area (Å²) in [5, 5.41) is 6.72. The summed E-state index contributed by atoms with van der Waals surface area (Å²) in [4.78, 5) is 6.86. The molecule has 1 aliphatic heterocycles. The number of hydrogen-bond acceptors (Lipinski definition) is 2. The Morgan fingerprint density at radius 1 is 1.32 bits per heavy atom. The van der Waals surface area contributed by atoms with Gasteiger partial charge in [-0.2, -0.15) is 0 Å². The molecule has 1 aromatic rings. The van der Waals surface area contributed by atoms with E-state index in [1.165, 1.54) is 32.0 Å². The Morgan fingerprint density at radius 2 is 2.12 bits per heavy atom. The molecule has 5 heteroatoms. The second-order valence-electron chi connectivity index (χ2n) is 7.38. The smallest absolute Gasteiger partial charge is 0.190 e. The van der Waals surface area contributed by atoms with Crippen LogP contribution in [0.25, 0.3) is 0 Å². The molecule has 0 aliphatic carbocycles. The Labute approximate surface area is 151 Å². The molecular weight excluding hydrogens is 315 g/mol. The van der Waals surface area contributed by atoms with E-state index in [4.69, 9.17) is 0 Å². The van der Waals surface area contributed by atoms with Crippen LogP contribution in [0.1, 0.15) is 32.3 Å². The fourth-order valence-corrected chi connectivity index (χ4v) is 3.48. The molecular formula is C20H33FN4. The maximum absolute atomic E-state index is 13.6. The highest BCUT2D eigenvalue weighted by molar-refractivity contribution is 5.79. The molecule has 1 saturated heterocycles. The fourth-order valence-electron chi connectivity index (χ4n) is 3.48. The van der Waals surface area contributed by atoms with E-state index >= 15 is 0 Å². The molecule has 1 heterocycles. The number of nitrogens with one attached hydrogen (secondary N) is 2. The second-order valence-corrected chi connectivity index (χ2v) is 7.38. The van der Waals surface area contributed by atoms with Gasteiger partial charge in [-0.05, 0) is 49.3 Å². The molecule has 1 atom stereocenters. The van der Waals surface area contributed by atoms with Crippen LogP contribution in [-0.4, -0.2) is 50.6 Å². The van der Waals surface area contributed by atoms with Crippen LogP contribution in [0.3, 0.4) is 0 Å². The highest BCUT2D eigenvalue weighted by Crippen LogP contribution is 2.16. The summed E-state index contributed by atoms with van der Waals surface area (Å²) in [7, 11) is 1.78. The third-order valence-corrected chi connectivity index (χ3v) is 4.65. The van der Waals surface area contributed by atoms with Crippen LogP contribution in [0.15, 0.2) is 29.3 Å². The predicted molar refractivity (Wildman–Crippen MR) is 103 cm³/mol. The van der Waals surface area contributed by atoms with Gasteiger partial charge in [0.15, 0.2) is 5.96 Å². The van der Waals surface area contributed by atoms with Gasteiger partial charge in [-0.3, -0.25) is 4.99 Å². The molecule has 0 spiro atoms. The van der Waals surface area contributed by atoms with E-state index in [0.717, 1.165) is 30.5 Å². The van der Waals surface area contributed by atoms with Crippen LogP contribution >= 0.6 is 0 Å². The predicted octanol–water partition coefficient (Wildman–Crippen LogP) is 2.90. The Kier molecular flexibility index (Phi) is 8.19. The van der Waals surface area contributed by atoms with E-state index in [-0.39, 0.29) is 5.82 Å². The molecule has 0 aromatic heterocycles. The average molecular weight is 349 g/mol. The molecule has 2 rings (SSSR count). The van der Waals surface area contributed by atoms with E-state index in [2.05, 4.69) is 34.4 Å². The number of nitrogens with zero attached hydrogens (tertiary/aromatic N) is 2. The van der Waals surface area contributed by atoms with Crippen molar-refractivity contribution in [1.29, 1.82) is 0 Å². The summed E-state index contributed by atoms with van der Waals surface area (Å²) >= 11 is 0. The van der Waals surface area contributed by atoms with Gasteiger partial charge in [0, 0.05) is 33.2 Å². The van der Waals surface area contributed by atoms with Gasteiger partial charge in [-0.15, -0.1) is 0 Å². The van der Waals surface area contributed by atoms with E-state index < -0.39 is 0 Å². The summed E-state index contributed by atoms with van der Waals surface area (Å²) in [6.45, 7) is 9.75. The van der Waals surface area contributed by atoms with E-state index in [0.29, 0.717) is 18.9 Å². The third kappa shape index (κ3) is 7.02. The lowest BCUT2D eigenvalue weighted by atomic mass is 9.97. The molecule has 0 radical (unpaired) electrons. The minimum absolute atomic E-state index is 0.139. The average Bonchev–Trinajstić information content (AvgIpc) is 2.59. The van der Waals surface area contributed by atoms with Gasteiger partial charge in [0.05, 0.1) is 0 Å². The van der Waals surface area contributed by atoms with E-state index in [1.54, 1.807) is 13.1 Å². The monoisotopic (exact) mass is 348 g/mol. The van der Waals surface area contributed by atoms with Crippen molar-refractivity contribution in [2.24, 2.45) is 16.8 Å². The number of likely N-dealkylation sites (tertiary alicyclic amines) is 1. The Hall–Kier alpha value is -1.62. The van der Waals surface area contributed by atoms with Gasteiger partial charge in [0.2, 0.25) is 0 Å². The van der Waals surface area contributed by atoms with E-state index in [1.807, 2.05) is 12.1 Å². The van der Waals surface area contributed by atoms with Crippen molar-refractivity contribution >= 4 is 5.96 Å². The fraction of sp³-hybridized carbons (Fsp3) is 0.650. The topological polar surface area (TPSA) is 39.7 Å². The van der Waals surface area contributed by atoms with Crippen molar-refractivity contribution in [3.05, 3.63) is 35.6 Å². The molecule has 1 unspecified atom stereocenters. The van der Waals surface area contributed by atoms with Crippen LogP contribution in [0.2, 0.25) is 0 Å². The van der Waals surface area contributed by atoms with Crippen molar-refractivity contribution < 1.29 is 4.39 Å². The van der Waals surface area contributed by atoms with Crippen LogP contribution < -0.4 is 10.6 Å². The van der Waals surface area contributed by atoms with E-state index in [9.17, 15) is 4.39 Å². The minimum atomic E-state index is -0.139. The van der Waals surface area contributed by atoms with Crippen molar-refractivity contribution in [1.82, 2.24) is 15.5 Å².